The highest BCUT2D eigenvalue weighted by Crippen LogP contribution is 2.05. The molecule has 0 aromatic heterocycles. The van der Waals surface area contributed by atoms with Crippen LogP contribution in [-0.2, 0) is 4.74 Å². The van der Waals surface area contributed by atoms with Gasteiger partial charge in [-0.1, -0.05) is 0 Å². The van der Waals surface area contributed by atoms with Gasteiger partial charge in [0.2, 0.25) is 0 Å². The highest BCUT2D eigenvalue weighted by Gasteiger charge is 2.20. The fraction of sp³-hybridized carbons (Fsp3) is 0.750. The van der Waals surface area contributed by atoms with Crippen LogP contribution in [0.3, 0.4) is 0 Å². The third-order valence-corrected chi connectivity index (χ3v) is 1.81. The molecule has 1 heterocycles. The minimum absolute atomic E-state index is 0.216. The van der Waals surface area contributed by atoms with Gasteiger partial charge in [0.15, 0.2) is 0 Å². The molecule has 1 amide bonds. The second kappa shape index (κ2) is 4.60. The van der Waals surface area contributed by atoms with E-state index in [-0.39, 0.29) is 6.09 Å². The lowest BCUT2D eigenvalue weighted by molar-refractivity contribution is 0.158. The highest BCUT2D eigenvalue weighted by atomic mass is 16.6. The van der Waals surface area contributed by atoms with E-state index < -0.39 is 0 Å². The Balaban J connectivity index is 2.07. The van der Waals surface area contributed by atoms with Gasteiger partial charge < -0.3 is 9.64 Å². The van der Waals surface area contributed by atoms with Crippen LogP contribution in [0, 0.1) is 11.3 Å². The Bertz CT molecular complexity index is 198. The van der Waals surface area contributed by atoms with Crippen molar-refractivity contribution in [1.29, 1.82) is 5.26 Å². The fourth-order valence-corrected chi connectivity index (χ4v) is 1.14. The minimum atomic E-state index is -0.216. The summed E-state index contributed by atoms with van der Waals surface area (Å²) in [5.74, 6) is 0. The summed E-state index contributed by atoms with van der Waals surface area (Å²) in [7, 11) is 0. The summed E-state index contributed by atoms with van der Waals surface area (Å²) in [5, 5.41) is 8.25. The van der Waals surface area contributed by atoms with E-state index in [9.17, 15) is 4.79 Å². The summed E-state index contributed by atoms with van der Waals surface area (Å²) in [6.07, 6.45) is 2.11. The van der Waals surface area contributed by atoms with Gasteiger partial charge >= 0.3 is 6.09 Å². The molecule has 0 aromatic carbocycles. The molecule has 0 spiro atoms. The smallest absolute Gasteiger partial charge is 0.409 e. The van der Waals surface area contributed by atoms with E-state index in [1.54, 1.807) is 4.90 Å². The monoisotopic (exact) mass is 168 g/mol. The molecule has 0 atom stereocenters. The number of carbonyl (C=O) groups excluding carboxylic acids is 1. The van der Waals surface area contributed by atoms with Crippen molar-refractivity contribution in [3.8, 4) is 6.07 Å². The maximum atomic E-state index is 10.9. The average Bonchev–Trinajstić information content (AvgIpc) is 2.46. The number of nitrogens with zero attached hydrogens (tertiary/aromatic N) is 2. The number of hydrogen-bond acceptors (Lipinski definition) is 3. The van der Waals surface area contributed by atoms with Crippen LogP contribution in [0.5, 0.6) is 0 Å². The van der Waals surface area contributed by atoms with Crippen LogP contribution in [-0.4, -0.2) is 30.7 Å². The molecule has 1 fully saturated rings. The maximum absolute atomic E-state index is 10.9. The van der Waals surface area contributed by atoms with Gasteiger partial charge in [-0.3, -0.25) is 0 Å². The molecule has 66 valence electrons. The fourth-order valence-electron chi connectivity index (χ4n) is 1.14. The summed E-state index contributed by atoms with van der Waals surface area (Å²) in [4.78, 5) is 12.6. The summed E-state index contributed by atoms with van der Waals surface area (Å²) >= 11 is 0. The first-order valence-electron chi connectivity index (χ1n) is 4.13. The lowest BCUT2D eigenvalue weighted by Gasteiger charge is -2.10. The van der Waals surface area contributed by atoms with Gasteiger partial charge in [0.1, 0.15) is 6.61 Å². The number of unbranched alkanes of at least 4 members (excludes halogenated alkanes) is 2. The predicted molar refractivity (Wildman–Crippen MR) is 42.4 cm³/mol. The van der Waals surface area contributed by atoms with Crippen LogP contribution >= 0.6 is 0 Å². The van der Waals surface area contributed by atoms with Crippen LogP contribution in [0.2, 0.25) is 0 Å². The Kier molecular flexibility index (Phi) is 3.39. The van der Waals surface area contributed by atoms with Crippen molar-refractivity contribution >= 4 is 6.09 Å². The first-order chi connectivity index (χ1) is 5.84. The largest absolute Gasteiger partial charge is 0.448 e. The van der Waals surface area contributed by atoms with Crippen LogP contribution < -0.4 is 0 Å². The summed E-state index contributed by atoms with van der Waals surface area (Å²) in [5.41, 5.74) is 0. The topological polar surface area (TPSA) is 53.3 Å². The van der Waals surface area contributed by atoms with Crippen molar-refractivity contribution in [2.45, 2.75) is 19.3 Å². The Morgan fingerprint density at radius 1 is 1.58 bits per heavy atom. The minimum Gasteiger partial charge on any atom is -0.448 e. The number of amides is 1. The van der Waals surface area contributed by atoms with Crippen molar-refractivity contribution in [3.63, 3.8) is 0 Å². The highest BCUT2D eigenvalue weighted by molar-refractivity contribution is 5.69. The van der Waals surface area contributed by atoms with Gasteiger partial charge in [0.05, 0.1) is 12.6 Å². The number of ether oxygens (including phenoxy) is 1. The lowest BCUT2D eigenvalue weighted by Crippen LogP contribution is -2.25. The second-order valence-corrected chi connectivity index (χ2v) is 2.72. The summed E-state index contributed by atoms with van der Waals surface area (Å²) in [6, 6.07) is 2.07. The third-order valence-electron chi connectivity index (χ3n) is 1.81. The van der Waals surface area contributed by atoms with E-state index in [1.165, 1.54) is 0 Å². The van der Waals surface area contributed by atoms with Crippen LogP contribution in [0.15, 0.2) is 0 Å². The van der Waals surface area contributed by atoms with E-state index in [0.29, 0.717) is 19.6 Å². The first-order valence-corrected chi connectivity index (χ1v) is 4.13. The number of nitriles is 1. The zero-order valence-electron chi connectivity index (χ0n) is 6.95. The number of cyclic esters (lactones) is 1. The Hall–Kier alpha value is -1.24. The molecular formula is C8H12N2O2. The maximum Gasteiger partial charge on any atom is 0.409 e. The molecule has 1 aliphatic heterocycles. The predicted octanol–water partition coefficient (Wildman–Crippen LogP) is 1.13. The van der Waals surface area contributed by atoms with Crippen molar-refractivity contribution < 1.29 is 9.53 Å². The molecule has 0 saturated carbocycles. The van der Waals surface area contributed by atoms with Crippen molar-refractivity contribution in [3.05, 3.63) is 0 Å². The SMILES string of the molecule is N#CCCCCN1CCOC1=O. The summed E-state index contributed by atoms with van der Waals surface area (Å²) in [6.45, 7) is 1.93. The van der Waals surface area contributed by atoms with E-state index in [4.69, 9.17) is 10.00 Å². The van der Waals surface area contributed by atoms with E-state index in [1.807, 2.05) is 0 Å². The van der Waals surface area contributed by atoms with Gasteiger partial charge in [-0.15, -0.1) is 0 Å². The lowest BCUT2D eigenvalue weighted by atomic mass is 10.2. The van der Waals surface area contributed by atoms with Gasteiger partial charge in [-0.05, 0) is 12.8 Å². The average molecular weight is 168 g/mol. The number of hydrogen-bond donors (Lipinski definition) is 0. The van der Waals surface area contributed by atoms with Crippen molar-refractivity contribution in [2.24, 2.45) is 0 Å². The molecule has 1 rings (SSSR count). The quantitative estimate of drug-likeness (QED) is 0.591. The molecule has 0 aliphatic carbocycles. The molecule has 4 heteroatoms. The van der Waals surface area contributed by atoms with Gasteiger partial charge in [-0.2, -0.15) is 5.26 Å². The van der Waals surface area contributed by atoms with Crippen molar-refractivity contribution in [1.82, 2.24) is 4.90 Å². The standard InChI is InChI=1S/C8H12N2O2/c9-4-2-1-3-5-10-6-7-12-8(10)11/h1-3,5-7H2. The number of rotatable bonds is 4. The Morgan fingerprint density at radius 2 is 2.42 bits per heavy atom. The van der Waals surface area contributed by atoms with Gasteiger partial charge in [-0.25, -0.2) is 4.79 Å². The van der Waals surface area contributed by atoms with Crippen LogP contribution in [0.4, 0.5) is 4.79 Å². The molecule has 0 bridgehead atoms. The Morgan fingerprint density at radius 3 is 3.00 bits per heavy atom. The summed E-state index contributed by atoms with van der Waals surface area (Å²) < 4.78 is 4.74. The van der Waals surface area contributed by atoms with E-state index in [0.717, 1.165) is 19.4 Å². The number of carbonyl (C=O) groups is 1. The zero-order valence-corrected chi connectivity index (χ0v) is 6.95. The molecular weight excluding hydrogens is 156 g/mol. The third kappa shape index (κ3) is 2.42. The van der Waals surface area contributed by atoms with E-state index >= 15 is 0 Å². The Labute approximate surface area is 71.7 Å². The van der Waals surface area contributed by atoms with E-state index in [2.05, 4.69) is 6.07 Å². The molecule has 12 heavy (non-hydrogen) atoms. The molecule has 1 saturated heterocycles. The van der Waals surface area contributed by atoms with Gasteiger partial charge in [0.25, 0.3) is 0 Å². The molecule has 0 N–H and O–H groups in total. The normalized spacial score (nSPS) is 15.9. The van der Waals surface area contributed by atoms with Crippen LogP contribution in [0.1, 0.15) is 19.3 Å². The molecule has 0 unspecified atom stereocenters. The molecule has 0 aromatic rings. The molecule has 0 radical (unpaired) electrons. The van der Waals surface area contributed by atoms with Gasteiger partial charge in [0, 0.05) is 13.0 Å². The second-order valence-electron chi connectivity index (χ2n) is 2.72. The van der Waals surface area contributed by atoms with Crippen molar-refractivity contribution in [2.75, 3.05) is 19.7 Å². The first kappa shape index (κ1) is 8.85. The zero-order chi connectivity index (χ0) is 8.81. The molecule has 1 aliphatic rings. The van der Waals surface area contributed by atoms with Crippen LogP contribution in [0.25, 0.3) is 0 Å². The molecule has 4 nitrogen and oxygen atoms in total.